The number of amides is 2. The Kier molecular flexibility index (Phi) is 5.45. The molecule has 0 aromatic heterocycles. The molecule has 130 valence electrons. The van der Waals surface area contributed by atoms with Gasteiger partial charge in [0, 0.05) is 37.2 Å². The highest BCUT2D eigenvalue weighted by atomic mass is 19.1. The van der Waals surface area contributed by atoms with Gasteiger partial charge in [-0.15, -0.1) is 0 Å². The van der Waals surface area contributed by atoms with Crippen LogP contribution in [-0.2, 0) is 4.79 Å². The molecule has 24 heavy (non-hydrogen) atoms. The van der Waals surface area contributed by atoms with E-state index in [1.807, 2.05) is 0 Å². The number of benzene rings is 1. The van der Waals surface area contributed by atoms with E-state index in [2.05, 4.69) is 16.0 Å². The van der Waals surface area contributed by atoms with Gasteiger partial charge in [-0.05, 0) is 55.9 Å². The molecular formula is C18H24FN3O2. The number of hydrogen-bond donors (Lipinski definition) is 3. The lowest BCUT2D eigenvalue weighted by Crippen LogP contribution is -2.40. The van der Waals surface area contributed by atoms with Crippen LogP contribution in [0.3, 0.4) is 0 Å². The molecule has 2 saturated heterocycles. The highest BCUT2D eigenvalue weighted by Gasteiger charge is 2.34. The lowest BCUT2D eigenvalue weighted by molar-refractivity contribution is -0.122. The van der Waals surface area contributed by atoms with Crippen molar-refractivity contribution in [2.75, 3.05) is 13.1 Å². The minimum atomic E-state index is -0.370. The van der Waals surface area contributed by atoms with Crippen LogP contribution in [0, 0.1) is 11.7 Å². The van der Waals surface area contributed by atoms with E-state index in [1.54, 1.807) is 0 Å². The fourth-order valence-corrected chi connectivity index (χ4v) is 3.76. The Balaban J connectivity index is 1.32. The molecule has 2 atom stereocenters. The Morgan fingerprint density at radius 1 is 1.04 bits per heavy atom. The molecule has 2 fully saturated rings. The topological polar surface area (TPSA) is 70.2 Å². The molecular weight excluding hydrogens is 309 g/mol. The predicted molar refractivity (Wildman–Crippen MR) is 89.0 cm³/mol. The number of hydrogen-bond acceptors (Lipinski definition) is 3. The number of piperidine rings is 1. The lowest BCUT2D eigenvalue weighted by atomic mass is 9.89. The van der Waals surface area contributed by atoms with E-state index in [0.29, 0.717) is 43.1 Å². The first-order valence-electron chi connectivity index (χ1n) is 8.66. The zero-order chi connectivity index (χ0) is 16.9. The van der Waals surface area contributed by atoms with Crippen LogP contribution in [0.1, 0.15) is 42.5 Å². The number of halogens is 1. The molecule has 5 nitrogen and oxygen atoms in total. The summed E-state index contributed by atoms with van der Waals surface area (Å²) in [6.07, 6.45) is 5.22. The first-order chi connectivity index (χ1) is 11.6. The van der Waals surface area contributed by atoms with Gasteiger partial charge in [-0.2, -0.15) is 0 Å². The third-order valence-electron chi connectivity index (χ3n) is 4.88. The van der Waals surface area contributed by atoms with E-state index < -0.39 is 0 Å². The van der Waals surface area contributed by atoms with E-state index in [-0.39, 0.29) is 17.6 Å². The Morgan fingerprint density at radius 2 is 1.67 bits per heavy atom. The second kappa shape index (κ2) is 7.75. The maximum Gasteiger partial charge on any atom is 0.251 e. The first kappa shape index (κ1) is 16.9. The van der Waals surface area contributed by atoms with Crippen LogP contribution in [0.25, 0.3) is 0 Å². The number of carbonyl (C=O) groups excluding carboxylic acids is 2. The SMILES string of the molecule is O=C(CC1CC2CCC(C1)N2)NCCNC(=O)c1ccc(F)cc1. The maximum absolute atomic E-state index is 12.8. The van der Waals surface area contributed by atoms with Crippen LogP contribution >= 0.6 is 0 Å². The second-order valence-corrected chi connectivity index (χ2v) is 6.79. The van der Waals surface area contributed by atoms with Crippen LogP contribution in [0.2, 0.25) is 0 Å². The summed E-state index contributed by atoms with van der Waals surface area (Å²) in [4.78, 5) is 23.9. The molecule has 1 aromatic rings. The van der Waals surface area contributed by atoms with Crippen molar-refractivity contribution in [2.45, 2.75) is 44.2 Å². The minimum absolute atomic E-state index is 0.0531. The largest absolute Gasteiger partial charge is 0.354 e. The maximum atomic E-state index is 12.8. The summed E-state index contributed by atoms with van der Waals surface area (Å²) in [6, 6.07) is 6.57. The van der Waals surface area contributed by atoms with Crippen molar-refractivity contribution < 1.29 is 14.0 Å². The van der Waals surface area contributed by atoms with Crippen molar-refractivity contribution in [3.8, 4) is 0 Å². The van der Waals surface area contributed by atoms with Gasteiger partial charge in [0.05, 0.1) is 0 Å². The third-order valence-corrected chi connectivity index (χ3v) is 4.88. The van der Waals surface area contributed by atoms with Crippen molar-refractivity contribution in [1.29, 1.82) is 0 Å². The van der Waals surface area contributed by atoms with Crippen LogP contribution < -0.4 is 16.0 Å². The molecule has 2 aliphatic heterocycles. The molecule has 6 heteroatoms. The Labute approximate surface area is 141 Å². The number of carbonyl (C=O) groups is 2. The van der Waals surface area contributed by atoms with Gasteiger partial charge in [-0.3, -0.25) is 9.59 Å². The average molecular weight is 333 g/mol. The number of fused-ring (bicyclic) bond motifs is 2. The van der Waals surface area contributed by atoms with Crippen molar-refractivity contribution >= 4 is 11.8 Å². The summed E-state index contributed by atoms with van der Waals surface area (Å²) in [7, 11) is 0. The van der Waals surface area contributed by atoms with Crippen LogP contribution in [-0.4, -0.2) is 37.0 Å². The fraction of sp³-hybridized carbons (Fsp3) is 0.556. The van der Waals surface area contributed by atoms with Gasteiger partial charge in [0.2, 0.25) is 5.91 Å². The fourth-order valence-electron chi connectivity index (χ4n) is 3.76. The van der Waals surface area contributed by atoms with E-state index in [1.165, 1.54) is 37.1 Å². The van der Waals surface area contributed by atoms with E-state index in [9.17, 15) is 14.0 Å². The molecule has 2 heterocycles. The molecule has 2 unspecified atom stereocenters. The Morgan fingerprint density at radius 3 is 2.33 bits per heavy atom. The van der Waals surface area contributed by atoms with E-state index >= 15 is 0 Å². The van der Waals surface area contributed by atoms with Gasteiger partial charge in [-0.25, -0.2) is 4.39 Å². The molecule has 2 bridgehead atoms. The summed E-state index contributed by atoms with van der Waals surface area (Å²) in [6.45, 7) is 0.767. The van der Waals surface area contributed by atoms with Crippen molar-refractivity contribution in [3.63, 3.8) is 0 Å². The van der Waals surface area contributed by atoms with Gasteiger partial charge in [0.25, 0.3) is 5.91 Å². The molecule has 2 amide bonds. The normalized spacial score (nSPS) is 25.3. The summed E-state index contributed by atoms with van der Waals surface area (Å²) < 4.78 is 12.8. The Hall–Kier alpha value is -1.95. The van der Waals surface area contributed by atoms with Gasteiger partial charge in [0.1, 0.15) is 5.82 Å². The molecule has 0 spiro atoms. The van der Waals surface area contributed by atoms with Gasteiger partial charge in [0.15, 0.2) is 0 Å². The zero-order valence-corrected chi connectivity index (χ0v) is 13.7. The molecule has 0 radical (unpaired) electrons. The first-order valence-corrected chi connectivity index (χ1v) is 8.66. The molecule has 3 N–H and O–H groups in total. The third kappa shape index (κ3) is 4.54. The van der Waals surface area contributed by atoms with Crippen molar-refractivity contribution in [3.05, 3.63) is 35.6 Å². The monoisotopic (exact) mass is 333 g/mol. The number of rotatable bonds is 6. The smallest absolute Gasteiger partial charge is 0.251 e. The highest BCUT2D eigenvalue weighted by Crippen LogP contribution is 2.32. The lowest BCUT2D eigenvalue weighted by Gasteiger charge is -2.28. The van der Waals surface area contributed by atoms with E-state index in [0.717, 1.165) is 12.8 Å². The quantitative estimate of drug-likeness (QED) is 0.693. The molecule has 3 rings (SSSR count). The zero-order valence-electron chi connectivity index (χ0n) is 13.7. The van der Waals surface area contributed by atoms with E-state index in [4.69, 9.17) is 0 Å². The highest BCUT2D eigenvalue weighted by molar-refractivity contribution is 5.94. The van der Waals surface area contributed by atoms with Gasteiger partial charge < -0.3 is 16.0 Å². The average Bonchev–Trinajstić information content (AvgIpc) is 2.90. The van der Waals surface area contributed by atoms with Gasteiger partial charge >= 0.3 is 0 Å². The van der Waals surface area contributed by atoms with Crippen LogP contribution in [0.4, 0.5) is 4.39 Å². The summed E-state index contributed by atoms with van der Waals surface area (Å²) in [5.74, 6) is -0.112. The molecule has 0 aliphatic carbocycles. The second-order valence-electron chi connectivity index (χ2n) is 6.79. The standard InChI is InChI=1S/C18H24FN3O2/c19-14-3-1-13(2-4-14)18(24)21-8-7-20-17(23)11-12-9-15-5-6-16(10-12)22-15/h1-4,12,15-16,22H,5-11H2,(H,20,23)(H,21,24). The predicted octanol–water partition coefficient (Wildman–Crippen LogP) is 1.59. The molecule has 0 saturated carbocycles. The summed E-state index contributed by atoms with van der Waals surface area (Å²) in [5, 5.41) is 9.15. The minimum Gasteiger partial charge on any atom is -0.354 e. The number of nitrogens with one attached hydrogen (secondary N) is 3. The van der Waals surface area contributed by atoms with Gasteiger partial charge in [-0.1, -0.05) is 0 Å². The van der Waals surface area contributed by atoms with Crippen molar-refractivity contribution in [1.82, 2.24) is 16.0 Å². The van der Waals surface area contributed by atoms with Crippen molar-refractivity contribution in [2.24, 2.45) is 5.92 Å². The molecule has 1 aromatic carbocycles. The summed E-state index contributed by atoms with van der Waals surface area (Å²) >= 11 is 0. The van der Waals surface area contributed by atoms with Crippen LogP contribution in [0.15, 0.2) is 24.3 Å². The summed E-state index contributed by atoms with van der Waals surface area (Å²) in [5.41, 5.74) is 0.410. The van der Waals surface area contributed by atoms with Crippen LogP contribution in [0.5, 0.6) is 0 Å². The Bertz CT molecular complexity index is 578. The molecule has 2 aliphatic rings.